The molecule has 0 aliphatic carbocycles. The minimum absolute atomic E-state index is 0.0669. The lowest BCUT2D eigenvalue weighted by Crippen LogP contribution is -2.61. The van der Waals surface area contributed by atoms with Crippen molar-refractivity contribution in [3.8, 4) is 0 Å². The van der Waals surface area contributed by atoms with E-state index in [4.69, 9.17) is 23.7 Å². The molecule has 0 aromatic rings. The molecular weight excluding hydrogens is 901 g/mol. The number of aliphatic carboxylic acids is 1. The summed E-state index contributed by atoms with van der Waals surface area (Å²) in [7, 11) is 0. The number of hydrogen-bond acceptors (Lipinski definition) is 11. The average Bonchev–Trinajstić information content (AvgIpc) is 3.35. The zero-order chi connectivity index (χ0) is 51.8. The molecule has 0 amide bonds. The first-order valence-corrected chi connectivity index (χ1v) is 29.3. The highest BCUT2D eigenvalue weighted by Gasteiger charge is 2.50. The monoisotopic (exact) mass is 1010 g/mol. The van der Waals surface area contributed by atoms with Gasteiger partial charge in [0.2, 0.25) is 0 Å². The molecule has 71 heavy (non-hydrogen) atoms. The van der Waals surface area contributed by atoms with Crippen LogP contribution in [-0.2, 0) is 42.9 Å². The van der Waals surface area contributed by atoms with Crippen LogP contribution in [0.1, 0.15) is 278 Å². The molecule has 1 aliphatic rings. The third kappa shape index (κ3) is 38.4. The standard InChI is InChI=1S/C59H106O12/c1-4-7-10-13-16-19-21-23-24-25-26-27-28-30-31-34-36-39-42-45-51(60)67-48-50(69-52(61)46-43-40-37-33-18-15-12-9-6-3)49-68-59-57(55(64)54(63)56(71-59)58(65)66)70-53(62)47-44-41-38-35-32-29-22-20-17-14-11-8-5-2/h16,19,23-24,50,54-57,59,63-64H,4-15,17-18,20-22,25-49H2,1-3H3,(H,65,66)/b19-16-,24-23-. The molecule has 0 spiro atoms. The Kier molecular flexibility index (Phi) is 44.9. The average molecular weight is 1010 g/mol. The minimum Gasteiger partial charge on any atom is -0.479 e. The van der Waals surface area contributed by atoms with Gasteiger partial charge in [-0.25, -0.2) is 4.79 Å². The fraction of sp³-hybridized carbons (Fsp3) is 0.864. The van der Waals surface area contributed by atoms with E-state index in [1.165, 1.54) is 148 Å². The van der Waals surface area contributed by atoms with Crippen molar-refractivity contribution in [2.24, 2.45) is 0 Å². The number of allylic oxidation sites excluding steroid dienone is 4. The summed E-state index contributed by atoms with van der Waals surface area (Å²) in [6, 6.07) is 0. The van der Waals surface area contributed by atoms with Crippen LogP contribution >= 0.6 is 0 Å². The summed E-state index contributed by atoms with van der Waals surface area (Å²) in [5, 5.41) is 31.4. The van der Waals surface area contributed by atoms with E-state index >= 15 is 0 Å². The maximum absolute atomic E-state index is 13.1. The number of aliphatic hydroxyl groups is 2. The summed E-state index contributed by atoms with van der Waals surface area (Å²) in [4.78, 5) is 50.9. The van der Waals surface area contributed by atoms with Crippen molar-refractivity contribution in [1.29, 1.82) is 0 Å². The van der Waals surface area contributed by atoms with E-state index < -0.39 is 67.3 Å². The van der Waals surface area contributed by atoms with Gasteiger partial charge in [0.25, 0.3) is 0 Å². The normalized spacial score (nSPS) is 18.6. The van der Waals surface area contributed by atoms with Gasteiger partial charge >= 0.3 is 23.9 Å². The first-order chi connectivity index (χ1) is 34.6. The van der Waals surface area contributed by atoms with Crippen LogP contribution in [0.25, 0.3) is 0 Å². The van der Waals surface area contributed by atoms with E-state index in [2.05, 4.69) is 45.1 Å². The van der Waals surface area contributed by atoms with Gasteiger partial charge < -0.3 is 39.0 Å². The van der Waals surface area contributed by atoms with E-state index in [-0.39, 0.29) is 25.9 Å². The van der Waals surface area contributed by atoms with E-state index in [9.17, 15) is 34.5 Å². The van der Waals surface area contributed by atoms with Crippen LogP contribution in [0.2, 0.25) is 0 Å². The highest BCUT2D eigenvalue weighted by molar-refractivity contribution is 5.74. The molecule has 6 unspecified atom stereocenters. The number of carboxylic acid groups (broad SMARTS) is 1. The van der Waals surface area contributed by atoms with Crippen LogP contribution in [0, 0.1) is 0 Å². The SMILES string of the molecule is CCCCC/C=C\C/C=C\CCCCCCCCCCCC(=O)OCC(COC1OC(C(=O)O)C(O)C(O)C1OC(=O)CCCCCCCCCCCCCCC)OC(=O)CCCCCCCCCCC. The number of unbranched alkanes of at least 4 members (excludes halogenated alkanes) is 32. The second-order valence-electron chi connectivity index (χ2n) is 20.3. The molecule has 1 aliphatic heterocycles. The molecule has 1 saturated heterocycles. The molecule has 0 aromatic carbocycles. The van der Waals surface area contributed by atoms with Gasteiger partial charge in [0.1, 0.15) is 18.8 Å². The van der Waals surface area contributed by atoms with Gasteiger partial charge in [-0.05, 0) is 51.4 Å². The van der Waals surface area contributed by atoms with Crippen LogP contribution in [0.15, 0.2) is 24.3 Å². The fourth-order valence-corrected chi connectivity index (χ4v) is 8.99. The van der Waals surface area contributed by atoms with Gasteiger partial charge in [-0.15, -0.1) is 0 Å². The van der Waals surface area contributed by atoms with Crippen LogP contribution in [0.5, 0.6) is 0 Å². The van der Waals surface area contributed by atoms with Crippen molar-refractivity contribution in [3.05, 3.63) is 24.3 Å². The second kappa shape index (κ2) is 48.2. The summed E-state index contributed by atoms with van der Waals surface area (Å²) < 4.78 is 28.4. The zero-order valence-corrected chi connectivity index (χ0v) is 45.5. The van der Waals surface area contributed by atoms with E-state index in [0.29, 0.717) is 19.3 Å². The first kappa shape index (κ1) is 66.2. The molecule has 3 N–H and O–H groups in total. The lowest BCUT2D eigenvalue weighted by Gasteiger charge is -2.40. The largest absolute Gasteiger partial charge is 0.479 e. The molecule has 0 aromatic heterocycles. The van der Waals surface area contributed by atoms with Crippen LogP contribution in [-0.4, -0.2) is 89.2 Å². The van der Waals surface area contributed by atoms with Crippen molar-refractivity contribution < 1.29 is 58.2 Å². The second-order valence-corrected chi connectivity index (χ2v) is 20.3. The van der Waals surface area contributed by atoms with Gasteiger partial charge in [0.15, 0.2) is 24.6 Å². The lowest BCUT2D eigenvalue weighted by molar-refractivity contribution is -0.301. The number of esters is 3. The Morgan fingerprint density at radius 3 is 1.30 bits per heavy atom. The molecule has 12 heteroatoms. The van der Waals surface area contributed by atoms with E-state index in [1.807, 2.05) is 0 Å². The van der Waals surface area contributed by atoms with Gasteiger partial charge in [0.05, 0.1) is 6.61 Å². The Bertz CT molecular complexity index is 1340. The minimum atomic E-state index is -1.90. The first-order valence-electron chi connectivity index (χ1n) is 29.3. The molecule has 12 nitrogen and oxygen atoms in total. The Morgan fingerprint density at radius 1 is 0.465 bits per heavy atom. The van der Waals surface area contributed by atoms with E-state index in [1.54, 1.807) is 0 Å². The third-order valence-corrected chi connectivity index (χ3v) is 13.5. The molecular formula is C59H106O12. The van der Waals surface area contributed by atoms with Crippen LogP contribution in [0.3, 0.4) is 0 Å². The van der Waals surface area contributed by atoms with Crippen molar-refractivity contribution in [1.82, 2.24) is 0 Å². The van der Waals surface area contributed by atoms with E-state index in [0.717, 1.165) is 70.6 Å². The number of aliphatic hydroxyl groups excluding tert-OH is 2. The Labute approximate surface area is 432 Å². The van der Waals surface area contributed by atoms with Gasteiger partial charge in [0, 0.05) is 19.3 Å². The Morgan fingerprint density at radius 2 is 0.845 bits per heavy atom. The molecule has 1 fully saturated rings. The number of ether oxygens (including phenoxy) is 5. The Hall–Kier alpha value is -2.80. The van der Waals surface area contributed by atoms with Crippen molar-refractivity contribution in [2.45, 2.75) is 314 Å². The predicted molar refractivity (Wildman–Crippen MR) is 285 cm³/mol. The van der Waals surface area contributed by atoms with Gasteiger partial charge in [-0.3, -0.25) is 14.4 Å². The topological polar surface area (TPSA) is 175 Å². The summed E-state index contributed by atoms with van der Waals surface area (Å²) in [5.41, 5.74) is 0. The number of rotatable bonds is 50. The zero-order valence-electron chi connectivity index (χ0n) is 45.5. The summed E-state index contributed by atoms with van der Waals surface area (Å²) in [6.07, 6.45) is 41.6. The van der Waals surface area contributed by atoms with Crippen molar-refractivity contribution >= 4 is 23.9 Å². The number of carboxylic acids is 1. The highest BCUT2D eigenvalue weighted by Crippen LogP contribution is 2.26. The predicted octanol–water partition coefficient (Wildman–Crippen LogP) is 14.7. The summed E-state index contributed by atoms with van der Waals surface area (Å²) in [6.45, 7) is 5.95. The molecule has 0 bridgehead atoms. The maximum atomic E-state index is 13.1. The van der Waals surface area contributed by atoms with Crippen molar-refractivity contribution in [2.75, 3.05) is 13.2 Å². The molecule has 1 rings (SSSR count). The third-order valence-electron chi connectivity index (χ3n) is 13.5. The smallest absolute Gasteiger partial charge is 0.335 e. The number of hydrogen-bond donors (Lipinski definition) is 3. The summed E-state index contributed by atoms with van der Waals surface area (Å²) >= 11 is 0. The highest BCUT2D eigenvalue weighted by atomic mass is 16.7. The number of carbonyl (C=O) groups is 4. The Balaban J connectivity index is 2.62. The fourth-order valence-electron chi connectivity index (χ4n) is 8.99. The lowest BCUT2D eigenvalue weighted by atomic mass is 9.98. The van der Waals surface area contributed by atoms with Gasteiger partial charge in [-0.1, -0.05) is 231 Å². The molecule has 0 radical (unpaired) electrons. The summed E-state index contributed by atoms with van der Waals surface area (Å²) in [5.74, 6) is -3.10. The van der Waals surface area contributed by atoms with Gasteiger partial charge in [-0.2, -0.15) is 0 Å². The number of carbonyl (C=O) groups excluding carboxylic acids is 3. The quantitative estimate of drug-likeness (QED) is 0.0228. The van der Waals surface area contributed by atoms with Crippen molar-refractivity contribution in [3.63, 3.8) is 0 Å². The molecule has 6 atom stereocenters. The molecule has 414 valence electrons. The molecule has 0 saturated carbocycles. The maximum Gasteiger partial charge on any atom is 0.335 e. The molecule has 1 heterocycles. The van der Waals surface area contributed by atoms with Crippen LogP contribution in [0.4, 0.5) is 0 Å². The van der Waals surface area contributed by atoms with Crippen LogP contribution < -0.4 is 0 Å².